The van der Waals surface area contributed by atoms with E-state index in [2.05, 4.69) is 15.2 Å². The van der Waals surface area contributed by atoms with Crippen LogP contribution in [0.2, 0.25) is 0 Å². The van der Waals surface area contributed by atoms with Crippen LogP contribution in [0.3, 0.4) is 0 Å². The number of hydrogen-bond acceptors (Lipinski definition) is 4. The number of nitrogens with zero attached hydrogens (tertiary/aromatic N) is 3. The average Bonchev–Trinajstić information content (AvgIpc) is 3.11. The van der Waals surface area contributed by atoms with Crippen molar-refractivity contribution in [1.29, 1.82) is 0 Å². The first-order valence-electron chi connectivity index (χ1n) is 9.19. The number of amides is 1. The molecule has 1 fully saturated rings. The third-order valence-electron chi connectivity index (χ3n) is 5.14. The molecule has 1 unspecified atom stereocenters. The Balaban J connectivity index is 1.58. The summed E-state index contributed by atoms with van der Waals surface area (Å²) in [5.41, 5.74) is 3.58. The number of hydrogen-bond donors (Lipinski definition) is 0. The summed E-state index contributed by atoms with van der Waals surface area (Å²) >= 11 is 1.64. The standard InChI is InChI=1S/C19H25N3O2S/c1-2-24-12-17-19-16(10-20-22(19)11-14-3-4-14)5-7-21(17)18(23)9-15-6-8-25-13-15/h6,8,10,13-14,17H,2-5,7,9,11-12H2,1H3. The van der Waals surface area contributed by atoms with Crippen LogP contribution in [0, 0.1) is 5.92 Å². The molecule has 0 spiro atoms. The highest BCUT2D eigenvalue weighted by molar-refractivity contribution is 7.08. The summed E-state index contributed by atoms with van der Waals surface area (Å²) in [6.07, 6.45) is 5.95. The smallest absolute Gasteiger partial charge is 0.227 e. The van der Waals surface area contributed by atoms with Crippen molar-refractivity contribution < 1.29 is 9.53 Å². The van der Waals surface area contributed by atoms with Gasteiger partial charge in [0.2, 0.25) is 5.91 Å². The molecule has 25 heavy (non-hydrogen) atoms. The van der Waals surface area contributed by atoms with Gasteiger partial charge in [-0.15, -0.1) is 0 Å². The number of rotatable bonds is 7. The van der Waals surface area contributed by atoms with Crippen LogP contribution in [-0.4, -0.2) is 40.3 Å². The second-order valence-electron chi connectivity index (χ2n) is 7.00. The minimum Gasteiger partial charge on any atom is -0.379 e. The Morgan fingerprint density at radius 3 is 3.04 bits per heavy atom. The predicted octanol–water partition coefficient (Wildman–Crippen LogP) is 3.06. The number of fused-ring (bicyclic) bond motifs is 1. The van der Waals surface area contributed by atoms with Gasteiger partial charge in [-0.25, -0.2) is 0 Å². The Morgan fingerprint density at radius 1 is 1.44 bits per heavy atom. The molecule has 1 saturated carbocycles. The molecule has 2 aromatic heterocycles. The first-order valence-corrected chi connectivity index (χ1v) is 10.1. The number of carbonyl (C=O) groups excluding carboxylic acids is 1. The third-order valence-corrected chi connectivity index (χ3v) is 5.87. The normalized spacial score (nSPS) is 19.9. The molecule has 4 rings (SSSR count). The van der Waals surface area contributed by atoms with E-state index in [9.17, 15) is 4.79 Å². The molecule has 0 saturated heterocycles. The molecule has 3 heterocycles. The highest BCUT2D eigenvalue weighted by Crippen LogP contribution is 2.35. The van der Waals surface area contributed by atoms with E-state index in [-0.39, 0.29) is 11.9 Å². The number of aromatic nitrogens is 2. The molecule has 134 valence electrons. The summed E-state index contributed by atoms with van der Waals surface area (Å²) in [5, 5.41) is 8.72. The topological polar surface area (TPSA) is 47.4 Å². The van der Waals surface area contributed by atoms with Gasteiger partial charge in [0.05, 0.1) is 31.0 Å². The first-order chi connectivity index (χ1) is 12.3. The molecular formula is C19H25N3O2S. The molecule has 0 radical (unpaired) electrons. The zero-order valence-electron chi connectivity index (χ0n) is 14.7. The molecule has 1 atom stereocenters. The number of ether oxygens (including phenoxy) is 1. The van der Waals surface area contributed by atoms with Crippen LogP contribution in [0.1, 0.15) is 42.6 Å². The quantitative estimate of drug-likeness (QED) is 0.763. The van der Waals surface area contributed by atoms with Crippen LogP contribution >= 0.6 is 11.3 Å². The van der Waals surface area contributed by atoms with E-state index in [0.717, 1.165) is 31.0 Å². The van der Waals surface area contributed by atoms with Crippen molar-refractivity contribution >= 4 is 17.2 Å². The van der Waals surface area contributed by atoms with Crippen molar-refractivity contribution in [2.45, 2.75) is 45.2 Å². The fourth-order valence-corrected chi connectivity index (χ4v) is 4.28. The van der Waals surface area contributed by atoms with Gasteiger partial charge in [0, 0.05) is 19.7 Å². The number of thiophene rings is 1. The van der Waals surface area contributed by atoms with Crippen LogP contribution in [0.5, 0.6) is 0 Å². The molecule has 0 aromatic carbocycles. The summed E-state index contributed by atoms with van der Waals surface area (Å²) in [4.78, 5) is 15.0. The second kappa shape index (κ2) is 7.30. The molecule has 1 aliphatic carbocycles. The predicted molar refractivity (Wildman–Crippen MR) is 97.6 cm³/mol. The van der Waals surface area contributed by atoms with Crippen molar-refractivity contribution in [2.24, 2.45) is 5.92 Å². The van der Waals surface area contributed by atoms with E-state index in [1.54, 1.807) is 11.3 Å². The highest BCUT2D eigenvalue weighted by atomic mass is 32.1. The third kappa shape index (κ3) is 3.65. The Bertz CT molecular complexity index is 721. The monoisotopic (exact) mass is 359 g/mol. The van der Waals surface area contributed by atoms with E-state index in [4.69, 9.17) is 4.74 Å². The van der Waals surface area contributed by atoms with Crippen LogP contribution < -0.4 is 0 Å². The van der Waals surface area contributed by atoms with Crippen molar-refractivity contribution in [3.63, 3.8) is 0 Å². The summed E-state index contributed by atoms with van der Waals surface area (Å²) in [6, 6.07) is 2.02. The van der Waals surface area contributed by atoms with E-state index in [1.165, 1.54) is 24.1 Å². The van der Waals surface area contributed by atoms with Crippen molar-refractivity contribution in [3.8, 4) is 0 Å². The lowest BCUT2D eigenvalue weighted by atomic mass is 9.99. The van der Waals surface area contributed by atoms with Gasteiger partial charge in [-0.05, 0) is 60.1 Å². The van der Waals surface area contributed by atoms with E-state index in [1.807, 2.05) is 29.5 Å². The lowest BCUT2D eigenvalue weighted by Gasteiger charge is -2.36. The minimum absolute atomic E-state index is 0.0175. The van der Waals surface area contributed by atoms with E-state index in [0.29, 0.717) is 19.6 Å². The van der Waals surface area contributed by atoms with E-state index >= 15 is 0 Å². The van der Waals surface area contributed by atoms with Gasteiger partial charge in [0.15, 0.2) is 0 Å². The Morgan fingerprint density at radius 2 is 2.32 bits per heavy atom. The second-order valence-corrected chi connectivity index (χ2v) is 7.78. The Kier molecular flexibility index (Phi) is 4.90. The maximum absolute atomic E-state index is 13.0. The largest absolute Gasteiger partial charge is 0.379 e. The van der Waals surface area contributed by atoms with Gasteiger partial charge >= 0.3 is 0 Å². The van der Waals surface area contributed by atoms with Gasteiger partial charge in [0.25, 0.3) is 0 Å². The minimum atomic E-state index is -0.0175. The van der Waals surface area contributed by atoms with Gasteiger partial charge < -0.3 is 9.64 Å². The maximum Gasteiger partial charge on any atom is 0.227 e. The van der Waals surface area contributed by atoms with Crippen LogP contribution in [0.25, 0.3) is 0 Å². The molecule has 2 aromatic rings. The lowest BCUT2D eigenvalue weighted by molar-refractivity contribution is -0.135. The molecule has 0 N–H and O–H groups in total. The molecular weight excluding hydrogens is 334 g/mol. The van der Waals surface area contributed by atoms with Crippen LogP contribution in [0.4, 0.5) is 0 Å². The molecule has 6 heteroatoms. The summed E-state index contributed by atoms with van der Waals surface area (Å²) < 4.78 is 7.90. The van der Waals surface area contributed by atoms with Crippen molar-refractivity contribution in [1.82, 2.24) is 14.7 Å². The maximum atomic E-state index is 13.0. The summed E-state index contributed by atoms with van der Waals surface area (Å²) in [7, 11) is 0. The lowest BCUT2D eigenvalue weighted by Crippen LogP contribution is -2.43. The number of carbonyl (C=O) groups is 1. The summed E-state index contributed by atoms with van der Waals surface area (Å²) in [6.45, 7) is 4.94. The zero-order valence-corrected chi connectivity index (χ0v) is 15.5. The van der Waals surface area contributed by atoms with Gasteiger partial charge in [-0.1, -0.05) is 0 Å². The van der Waals surface area contributed by atoms with Gasteiger partial charge in [-0.3, -0.25) is 9.48 Å². The fourth-order valence-electron chi connectivity index (χ4n) is 3.61. The summed E-state index contributed by atoms with van der Waals surface area (Å²) in [5.74, 6) is 0.946. The molecule has 2 aliphatic rings. The SMILES string of the molecule is CCOCC1c2c(cnn2CC2CC2)CCN1C(=O)Cc1ccsc1. The Hall–Kier alpha value is -1.66. The molecule has 1 amide bonds. The van der Waals surface area contributed by atoms with Gasteiger partial charge in [0.1, 0.15) is 0 Å². The van der Waals surface area contributed by atoms with Crippen molar-refractivity contribution in [2.75, 3.05) is 19.8 Å². The Labute approximate surface area is 152 Å². The van der Waals surface area contributed by atoms with Crippen LogP contribution in [-0.2, 0) is 28.9 Å². The molecule has 5 nitrogen and oxygen atoms in total. The molecule has 0 bridgehead atoms. The molecule has 1 aliphatic heterocycles. The zero-order chi connectivity index (χ0) is 17.2. The van der Waals surface area contributed by atoms with E-state index < -0.39 is 0 Å². The van der Waals surface area contributed by atoms with Crippen LogP contribution in [0.15, 0.2) is 23.0 Å². The van der Waals surface area contributed by atoms with Gasteiger partial charge in [-0.2, -0.15) is 16.4 Å². The fraction of sp³-hybridized carbons (Fsp3) is 0.579. The average molecular weight is 359 g/mol. The first kappa shape index (κ1) is 16.8. The van der Waals surface area contributed by atoms with Crippen molar-refractivity contribution in [3.05, 3.63) is 39.8 Å². The highest BCUT2D eigenvalue weighted by Gasteiger charge is 2.35.